The van der Waals surface area contributed by atoms with E-state index in [1.165, 1.54) is 0 Å². The molecule has 0 radical (unpaired) electrons. The Morgan fingerprint density at radius 3 is 2.32 bits per heavy atom. The lowest BCUT2D eigenvalue weighted by atomic mass is 9.90. The zero-order valence-corrected chi connectivity index (χ0v) is 16.8. The zero-order chi connectivity index (χ0) is 19.4. The van der Waals surface area contributed by atoms with Crippen LogP contribution in [0.1, 0.15) is 24.8 Å². The van der Waals surface area contributed by atoms with Crippen molar-refractivity contribution in [1.82, 2.24) is 10.2 Å². The first-order valence-corrected chi connectivity index (χ1v) is 10.9. The van der Waals surface area contributed by atoms with E-state index >= 15 is 0 Å². The Bertz CT molecular complexity index is 817. The van der Waals surface area contributed by atoms with E-state index in [9.17, 15) is 9.59 Å². The summed E-state index contributed by atoms with van der Waals surface area (Å²) in [6.07, 6.45) is 2.85. The number of nitrogens with one attached hydrogen (secondary N) is 1. The molecule has 1 unspecified atom stereocenters. The molecular weight excluding hydrogens is 368 g/mol. The summed E-state index contributed by atoms with van der Waals surface area (Å²) in [6.45, 7) is 2.14. The third-order valence-corrected chi connectivity index (χ3v) is 7.03. The molecule has 0 bridgehead atoms. The molecule has 1 N–H and O–H groups in total. The van der Waals surface area contributed by atoms with E-state index in [2.05, 4.69) is 5.32 Å². The molecule has 1 atom stereocenters. The van der Waals surface area contributed by atoms with Crippen LogP contribution in [0, 0.1) is 11.3 Å². The van der Waals surface area contributed by atoms with Crippen molar-refractivity contribution < 1.29 is 9.59 Å². The summed E-state index contributed by atoms with van der Waals surface area (Å²) in [5.41, 5.74) is 1.26. The molecular formula is C23H26N2O2S. The predicted molar refractivity (Wildman–Crippen MR) is 112 cm³/mol. The van der Waals surface area contributed by atoms with E-state index in [0.717, 1.165) is 42.8 Å². The minimum atomic E-state index is 0.118. The molecule has 1 aliphatic heterocycles. The number of carbonyl (C=O) groups excluding carboxylic acids is 2. The van der Waals surface area contributed by atoms with Gasteiger partial charge < -0.3 is 10.2 Å². The molecule has 2 aliphatic rings. The predicted octanol–water partition coefficient (Wildman–Crippen LogP) is 3.72. The fourth-order valence-electron chi connectivity index (χ4n) is 4.13. The number of rotatable bonds is 6. The van der Waals surface area contributed by atoms with E-state index in [4.69, 9.17) is 0 Å². The normalized spacial score (nSPS) is 20.0. The third kappa shape index (κ3) is 4.41. The molecule has 2 aromatic carbocycles. The highest BCUT2D eigenvalue weighted by atomic mass is 32.2. The molecule has 1 spiro atoms. The van der Waals surface area contributed by atoms with Crippen LogP contribution >= 0.6 is 11.8 Å². The molecule has 2 amide bonds. The first kappa shape index (κ1) is 19.1. The molecule has 2 aromatic rings. The highest BCUT2D eigenvalue weighted by Crippen LogP contribution is 2.59. The van der Waals surface area contributed by atoms with Crippen LogP contribution in [0.3, 0.4) is 0 Å². The Kier molecular flexibility index (Phi) is 5.72. The van der Waals surface area contributed by atoms with Gasteiger partial charge in [-0.3, -0.25) is 9.59 Å². The average molecular weight is 395 g/mol. The Hall–Kier alpha value is -2.27. The maximum atomic E-state index is 12.5. The van der Waals surface area contributed by atoms with Gasteiger partial charge in [-0.05, 0) is 42.4 Å². The van der Waals surface area contributed by atoms with Crippen molar-refractivity contribution in [3.8, 4) is 0 Å². The molecule has 1 saturated heterocycles. The summed E-state index contributed by atoms with van der Waals surface area (Å²) in [5.74, 6) is 0.975. The molecule has 1 aliphatic carbocycles. The van der Waals surface area contributed by atoms with Crippen LogP contribution in [0.2, 0.25) is 0 Å². The molecule has 5 heteroatoms. The fourth-order valence-corrected chi connectivity index (χ4v) is 4.96. The number of amides is 2. The van der Waals surface area contributed by atoms with Gasteiger partial charge in [-0.2, -0.15) is 0 Å². The lowest BCUT2D eigenvalue weighted by Crippen LogP contribution is -2.41. The Morgan fingerprint density at radius 1 is 1.00 bits per heavy atom. The Labute approximate surface area is 170 Å². The topological polar surface area (TPSA) is 49.4 Å². The highest BCUT2D eigenvalue weighted by Gasteiger charge is 2.58. The maximum absolute atomic E-state index is 12.5. The zero-order valence-electron chi connectivity index (χ0n) is 16.0. The summed E-state index contributed by atoms with van der Waals surface area (Å²) < 4.78 is 0. The molecule has 2 fully saturated rings. The first-order valence-electron chi connectivity index (χ1n) is 9.94. The van der Waals surface area contributed by atoms with E-state index in [1.807, 2.05) is 65.6 Å². The second-order valence-electron chi connectivity index (χ2n) is 7.80. The number of likely N-dealkylation sites (tertiary alicyclic amines) is 1. The Balaban J connectivity index is 1.21. The summed E-state index contributed by atoms with van der Waals surface area (Å²) in [4.78, 5) is 28.1. The molecule has 0 aromatic heterocycles. The van der Waals surface area contributed by atoms with Crippen molar-refractivity contribution in [2.45, 2.75) is 30.7 Å². The number of hydrogen-bond donors (Lipinski definition) is 1. The van der Waals surface area contributed by atoms with Crippen LogP contribution in [0.4, 0.5) is 0 Å². The van der Waals surface area contributed by atoms with Crippen molar-refractivity contribution >= 4 is 23.6 Å². The van der Waals surface area contributed by atoms with Crippen molar-refractivity contribution in [3.05, 3.63) is 66.2 Å². The Morgan fingerprint density at radius 2 is 1.64 bits per heavy atom. The van der Waals surface area contributed by atoms with Gasteiger partial charge in [0.25, 0.3) is 0 Å². The quantitative estimate of drug-likeness (QED) is 0.760. The second-order valence-corrected chi connectivity index (χ2v) is 8.85. The van der Waals surface area contributed by atoms with Crippen LogP contribution < -0.4 is 5.32 Å². The van der Waals surface area contributed by atoms with Crippen LogP contribution in [-0.2, 0) is 16.1 Å². The lowest BCUT2D eigenvalue weighted by molar-refractivity contribution is -0.130. The van der Waals surface area contributed by atoms with E-state index in [-0.39, 0.29) is 23.1 Å². The molecule has 28 heavy (non-hydrogen) atoms. The number of thioether (sulfide) groups is 1. The molecule has 1 heterocycles. The van der Waals surface area contributed by atoms with E-state index in [0.29, 0.717) is 12.3 Å². The number of hydrogen-bond acceptors (Lipinski definition) is 3. The van der Waals surface area contributed by atoms with E-state index in [1.54, 1.807) is 11.8 Å². The van der Waals surface area contributed by atoms with Crippen molar-refractivity contribution in [2.75, 3.05) is 18.8 Å². The van der Waals surface area contributed by atoms with Crippen molar-refractivity contribution in [1.29, 1.82) is 0 Å². The minimum absolute atomic E-state index is 0.118. The van der Waals surface area contributed by atoms with Gasteiger partial charge in [0.2, 0.25) is 11.8 Å². The largest absolute Gasteiger partial charge is 0.352 e. The summed E-state index contributed by atoms with van der Waals surface area (Å²) >= 11 is 1.59. The standard InChI is InChI=1S/C23H26N2O2S/c26-21(17-28-19-9-5-2-6-10-19)25-13-11-23(12-14-25)15-20(23)22(27)24-16-18-7-3-1-4-8-18/h1-10,20H,11-17H2,(H,24,27). The molecule has 4 rings (SSSR count). The van der Waals surface area contributed by atoms with Gasteiger partial charge in [0.15, 0.2) is 0 Å². The monoisotopic (exact) mass is 394 g/mol. The van der Waals surface area contributed by atoms with E-state index < -0.39 is 0 Å². The molecule has 1 saturated carbocycles. The van der Waals surface area contributed by atoms with Crippen LogP contribution in [-0.4, -0.2) is 35.6 Å². The summed E-state index contributed by atoms with van der Waals surface area (Å²) in [5, 5.41) is 3.08. The number of piperidine rings is 1. The summed E-state index contributed by atoms with van der Waals surface area (Å²) in [7, 11) is 0. The molecule has 146 valence electrons. The van der Waals surface area contributed by atoms with Gasteiger partial charge >= 0.3 is 0 Å². The van der Waals surface area contributed by atoms with Crippen molar-refractivity contribution in [2.24, 2.45) is 11.3 Å². The number of benzene rings is 2. The van der Waals surface area contributed by atoms with Crippen LogP contribution in [0.25, 0.3) is 0 Å². The lowest BCUT2D eigenvalue weighted by Gasteiger charge is -2.32. The van der Waals surface area contributed by atoms with Gasteiger partial charge in [0.05, 0.1) is 5.75 Å². The second kappa shape index (κ2) is 8.39. The van der Waals surface area contributed by atoms with Gasteiger partial charge in [0.1, 0.15) is 0 Å². The number of carbonyl (C=O) groups is 2. The SMILES string of the molecule is O=C(NCc1ccccc1)C1CC12CCN(C(=O)CSc1ccccc1)CC2. The van der Waals surface area contributed by atoms with Gasteiger partial charge in [-0.25, -0.2) is 0 Å². The fraction of sp³-hybridized carbons (Fsp3) is 0.391. The molecule has 4 nitrogen and oxygen atoms in total. The van der Waals surface area contributed by atoms with Crippen molar-refractivity contribution in [3.63, 3.8) is 0 Å². The first-order chi connectivity index (χ1) is 13.7. The highest BCUT2D eigenvalue weighted by molar-refractivity contribution is 8.00. The maximum Gasteiger partial charge on any atom is 0.232 e. The smallest absolute Gasteiger partial charge is 0.232 e. The third-order valence-electron chi connectivity index (χ3n) is 6.03. The van der Waals surface area contributed by atoms with Gasteiger partial charge in [-0.15, -0.1) is 11.8 Å². The number of nitrogens with zero attached hydrogens (tertiary/aromatic N) is 1. The van der Waals surface area contributed by atoms with Gasteiger partial charge in [0, 0.05) is 30.4 Å². The van der Waals surface area contributed by atoms with Crippen LogP contribution in [0.5, 0.6) is 0 Å². The van der Waals surface area contributed by atoms with Crippen LogP contribution in [0.15, 0.2) is 65.6 Å². The van der Waals surface area contributed by atoms with Gasteiger partial charge in [-0.1, -0.05) is 48.5 Å². The summed E-state index contributed by atoms with van der Waals surface area (Å²) in [6, 6.07) is 20.1. The average Bonchev–Trinajstić information content (AvgIpc) is 3.45. The minimum Gasteiger partial charge on any atom is -0.352 e.